The molecule has 1 unspecified atom stereocenters. The van der Waals surface area contributed by atoms with Gasteiger partial charge in [-0.2, -0.15) is 0 Å². The molecule has 1 aliphatic rings. The molecule has 1 aromatic rings. The zero-order chi connectivity index (χ0) is 13.5. The first-order chi connectivity index (χ1) is 9.29. The zero-order valence-corrected chi connectivity index (χ0v) is 12.3. The molecule has 3 heteroatoms. The highest BCUT2D eigenvalue weighted by atomic mass is 15.2. The standard InChI is InChI=1S/C16H27N3/c1-17-13-15-9-12-19(14-15)11-6-10-18(2)16-7-4-3-5-8-16/h3-5,7-8,15,17H,6,9-14H2,1-2H3. The van der Waals surface area contributed by atoms with Crippen molar-refractivity contribution < 1.29 is 0 Å². The van der Waals surface area contributed by atoms with Crippen LogP contribution in [0.2, 0.25) is 0 Å². The van der Waals surface area contributed by atoms with Gasteiger partial charge in [0.2, 0.25) is 0 Å². The molecule has 1 N–H and O–H groups in total. The van der Waals surface area contributed by atoms with Gasteiger partial charge in [0.1, 0.15) is 0 Å². The second kappa shape index (κ2) is 7.51. The molecule has 3 nitrogen and oxygen atoms in total. The molecule has 1 atom stereocenters. The summed E-state index contributed by atoms with van der Waals surface area (Å²) in [5, 5.41) is 3.29. The molecule has 2 rings (SSSR count). The molecule has 19 heavy (non-hydrogen) atoms. The Morgan fingerprint density at radius 3 is 2.84 bits per heavy atom. The van der Waals surface area contributed by atoms with Crippen molar-refractivity contribution in [3.8, 4) is 0 Å². The number of anilines is 1. The zero-order valence-electron chi connectivity index (χ0n) is 12.3. The third-order valence-corrected chi connectivity index (χ3v) is 4.03. The Morgan fingerprint density at radius 2 is 2.11 bits per heavy atom. The highest BCUT2D eigenvalue weighted by Crippen LogP contribution is 2.16. The van der Waals surface area contributed by atoms with Crippen LogP contribution in [0, 0.1) is 5.92 Å². The van der Waals surface area contributed by atoms with Gasteiger partial charge in [-0.15, -0.1) is 0 Å². The minimum atomic E-state index is 0.858. The molecule has 0 aliphatic carbocycles. The van der Waals surface area contributed by atoms with Crippen molar-refractivity contribution in [1.82, 2.24) is 10.2 Å². The Bertz CT molecular complexity index is 352. The van der Waals surface area contributed by atoms with Crippen LogP contribution >= 0.6 is 0 Å². The third kappa shape index (κ3) is 4.51. The van der Waals surface area contributed by atoms with Gasteiger partial charge < -0.3 is 15.1 Å². The minimum Gasteiger partial charge on any atom is -0.375 e. The summed E-state index contributed by atoms with van der Waals surface area (Å²) in [6.07, 6.45) is 2.60. The summed E-state index contributed by atoms with van der Waals surface area (Å²) < 4.78 is 0. The molecule has 0 amide bonds. The molecule has 0 saturated carbocycles. The lowest BCUT2D eigenvalue weighted by Gasteiger charge is -2.21. The fraction of sp³-hybridized carbons (Fsp3) is 0.625. The van der Waals surface area contributed by atoms with Crippen molar-refractivity contribution in [3.05, 3.63) is 30.3 Å². The van der Waals surface area contributed by atoms with E-state index in [2.05, 4.69) is 59.5 Å². The van der Waals surface area contributed by atoms with E-state index in [0.717, 1.165) is 12.5 Å². The largest absolute Gasteiger partial charge is 0.375 e. The number of nitrogens with zero attached hydrogens (tertiary/aromatic N) is 2. The lowest BCUT2D eigenvalue weighted by atomic mass is 10.1. The molecule has 1 heterocycles. The Hall–Kier alpha value is -1.06. The van der Waals surface area contributed by atoms with Crippen molar-refractivity contribution in [1.29, 1.82) is 0 Å². The van der Waals surface area contributed by atoms with Crippen molar-refractivity contribution >= 4 is 5.69 Å². The molecular weight excluding hydrogens is 234 g/mol. The maximum absolute atomic E-state index is 3.29. The first kappa shape index (κ1) is 14.4. The van der Waals surface area contributed by atoms with Gasteiger partial charge in [0.15, 0.2) is 0 Å². The van der Waals surface area contributed by atoms with Crippen LogP contribution < -0.4 is 10.2 Å². The van der Waals surface area contributed by atoms with Gasteiger partial charge in [0, 0.05) is 25.8 Å². The van der Waals surface area contributed by atoms with Crippen LogP contribution in [0.15, 0.2) is 30.3 Å². The number of para-hydroxylation sites is 1. The number of hydrogen-bond donors (Lipinski definition) is 1. The predicted octanol–water partition coefficient (Wildman–Crippen LogP) is 2.05. The molecule has 106 valence electrons. The van der Waals surface area contributed by atoms with Crippen LogP contribution in [0.25, 0.3) is 0 Å². The summed E-state index contributed by atoms with van der Waals surface area (Å²) in [4.78, 5) is 4.96. The summed E-state index contributed by atoms with van der Waals surface area (Å²) in [6, 6.07) is 10.6. The van der Waals surface area contributed by atoms with Crippen LogP contribution in [0.1, 0.15) is 12.8 Å². The van der Waals surface area contributed by atoms with E-state index in [0.29, 0.717) is 0 Å². The minimum absolute atomic E-state index is 0.858. The Kier molecular flexibility index (Phi) is 5.67. The first-order valence-corrected chi connectivity index (χ1v) is 7.42. The van der Waals surface area contributed by atoms with Crippen LogP contribution in [0.3, 0.4) is 0 Å². The highest BCUT2D eigenvalue weighted by Gasteiger charge is 2.20. The third-order valence-electron chi connectivity index (χ3n) is 4.03. The van der Waals surface area contributed by atoms with Gasteiger partial charge >= 0.3 is 0 Å². The molecule has 1 saturated heterocycles. The summed E-state index contributed by atoms with van der Waals surface area (Å²) in [6.45, 7) is 6.09. The van der Waals surface area contributed by atoms with E-state index in [9.17, 15) is 0 Å². The molecule has 0 radical (unpaired) electrons. The summed E-state index contributed by atoms with van der Waals surface area (Å²) >= 11 is 0. The smallest absolute Gasteiger partial charge is 0.0363 e. The van der Waals surface area contributed by atoms with Gasteiger partial charge in [-0.25, -0.2) is 0 Å². The van der Waals surface area contributed by atoms with E-state index in [1.807, 2.05) is 0 Å². The fourth-order valence-electron chi connectivity index (χ4n) is 2.91. The summed E-state index contributed by atoms with van der Waals surface area (Å²) in [5.41, 5.74) is 1.32. The van der Waals surface area contributed by atoms with Gasteiger partial charge in [-0.05, 0) is 57.6 Å². The number of nitrogens with one attached hydrogen (secondary N) is 1. The topological polar surface area (TPSA) is 18.5 Å². The molecular formula is C16H27N3. The Morgan fingerprint density at radius 1 is 1.32 bits per heavy atom. The predicted molar refractivity (Wildman–Crippen MR) is 82.8 cm³/mol. The monoisotopic (exact) mass is 261 g/mol. The maximum atomic E-state index is 3.29. The maximum Gasteiger partial charge on any atom is 0.0363 e. The molecule has 0 spiro atoms. The second-order valence-electron chi connectivity index (χ2n) is 5.62. The van der Waals surface area contributed by atoms with E-state index in [4.69, 9.17) is 0 Å². The quantitative estimate of drug-likeness (QED) is 0.810. The average Bonchev–Trinajstić information content (AvgIpc) is 2.88. The highest BCUT2D eigenvalue weighted by molar-refractivity contribution is 5.44. The SMILES string of the molecule is CNCC1CCN(CCCN(C)c2ccccc2)C1. The van der Waals surface area contributed by atoms with Crippen molar-refractivity contribution in [2.75, 3.05) is 51.7 Å². The van der Waals surface area contributed by atoms with Crippen LogP contribution in [-0.2, 0) is 0 Å². The molecule has 1 fully saturated rings. The van der Waals surface area contributed by atoms with E-state index in [1.165, 1.54) is 44.7 Å². The number of rotatable bonds is 7. The molecule has 0 aromatic heterocycles. The van der Waals surface area contributed by atoms with Gasteiger partial charge in [0.25, 0.3) is 0 Å². The summed E-state index contributed by atoms with van der Waals surface area (Å²) in [5.74, 6) is 0.858. The lowest BCUT2D eigenvalue weighted by Crippen LogP contribution is -2.28. The number of hydrogen-bond acceptors (Lipinski definition) is 3. The van der Waals surface area contributed by atoms with Crippen molar-refractivity contribution in [2.45, 2.75) is 12.8 Å². The van der Waals surface area contributed by atoms with Gasteiger partial charge in [-0.1, -0.05) is 18.2 Å². The van der Waals surface area contributed by atoms with Crippen molar-refractivity contribution in [2.24, 2.45) is 5.92 Å². The van der Waals surface area contributed by atoms with Crippen LogP contribution in [0.5, 0.6) is 0 Å². The second-order valence-corrected chi connectivity index (χ2v) is 5.62. The first-order valence-electron chi connectivity index (χ1n) is 7.42. The number of benzene rings is 1. The molecule has 1 aliphatic heterocycles. The molecule has 1 aromatic carbocycles. The lowest BCUT2D eigenvalue weighted by molar-refractivity contribution is 0.320. The Balaban J connectivity index is 1.64. The average molecular weight is 261 g/mol. The van der Waals surface area contributed by atoms with E-state index >= 15 is 0 Å². The van der Waals surface area contributed by atoms with E-state index in [-0.39, 0.29) is 0 Å². The van der Waals surface area contributed by atoms with Crippen LogP contribution in [-0.4, -0.2) is 51.7 Å². The Labute approximate surface area is 117 Å². The van der Waals surface area contributed by atoms with Crippen molar-refractivity contribution in [3.63, 3.8) is 0 Å². The van der Waals surface area contributed by atoms with Gasteiger partial charge in [0.05, 0.1) is 0 Å². The van der Waals surface area contributed by atoms with Gasteiger partial charge in [-0.3, -0.25) is 0 Å². The molecule has 0 bridgehead atoms. The normalized spacial score (nSPS) is 19.8. The summed E-state index contributed by atoms with van der Waals surface area (Å²) in [7, 11) is 4.24. The van der Waals surface area contributed by atoms with E-state index in [1.54, 1.807) is 0 Å². The number of likely N-dealkylation sites (tertiary alicyclic amines) is 1. The fourth-order valence-corrected chi connectivity index (χ4v) is 2.91. The van der Waals surface area contributed by atoms with Crippen LogP contribution in [0.4, 0.5) is 5.69 Å². The van der Waals surface area contributed by atoms with E-state index < -0.39 is 0 Å².